The van der Waals surface area contributed by atoms with Crippen molar-refractivity contribution in [3.05, 3.63) is 0 Å². The Morgan fingerprint density at radius 2 is 1.83 bits per heavy atom. The van der Waals surface area contributed by atoms with Crippen LogP contribution in [0.3, 0.4) is 0 Å². The first-order valence-electron chi connectivity index (χ1n) is 4.19. The highest BCUT2D eigenvalue weighted by Gasteiger charge is 2.38. The van der Waals surface area contributed by atoms with Crippen LogP contribution >= 0.6 is 0 Å². The molecule has 0 aromatic rings. The van der Waals surface area contributed by atoms with Crippen LogP contribution in [0, 0.1) is 5.92 Å². The van der Waals surface area contributed by atoms with Gasteiger partial charge >= 0.3 is 5.97 Å². The summed E-state index contributed by atoms with van der Waals surface area (Å²) in [6.07, 6.45) is 2.80. The molecule has 1 aliphatic carbocycles. The van der Waals surface area contributed by atoms with E-state index in [0.29, 0.717) is 0 Å². The second-order valence-corrected chi connectivity index (χ2v) is 3.43. The lowest BCUT2D eigenvalue weighted by Crippen LogP contribution is -2.38. The minimum absolute atomic E-state index is 0.256. The van der Waals surface area contributed by atoms with Crippen LogP contribution in [0.15, 0.2) is 0 Å². The summed E-state index contributed by atoms with van der Waals surface area (Å²) in [5, 5.41) is 27.1. The van der Waals surface area contributed by atoms with Crippen molar-refractivity contribution in [3.8, 4) is 0 Å². The number of hydrogen-bond acceptors (Lipinski definition) is 3. The zero-order valence-corrected chi connectivity index (χ0v) is 6.86. The van der Waals surface area contributed by atoms with Crippen LogP contribution in [-0.2, 0) is 4.79 Å². The molecule has 0 atom stereocenters. The predicted octanol–water partition coefficient (Wildman–Crippen LogP) is 0.332. The molecule has 1 aliphatic rings. The maximum atomic E-state index is 10.3. The molecule has 70 valence electrons. The number of rotatable bonds is 3. The molecular formula is C8H14O4. The van der Waals surface area contributed by atoms with E-state index in [1.54, 1.807) is 0 Å². The fourth-order valence-electron chi connectivity index (χ4n) is 1.76. The van der Waals surface area contributed by atoms with Crippen LogP contribution in [0.5, 0.6) is 0 Å². The first-order chi connectivity index (χ1) is 5.52. The zero-order valence-electron chi connectivity index (χ0n) is 6.86. The molecule has 1 saturated carbocycles. The minimum atomic E-state index is -2.00. The summed E-state index contributed by atoms with van der Waals surface area (Å²) in [7, 11) is 0. The van der Waals surface area contributed by atoms with Gasteiger partial charge in [0.1, 0.15) is 0 Å². The van der Waals surface area contributed by atoms with Gasteiger partial charge in [0.25, 0.3) is 0 Å². The Bertz CT molecular complexity index is 170. The average molecular weight is 174 g/mol. The molecule has 0 heterocycles. The van der Waals surface area contributed by atoms with E-state index in [1.807, 2.05) is 0 Å². The Balaban J connectivity index is 2.50. The molecule has 1 rings (SSSR count). The van der Waals surface area contributed by atoms with Gasteiger partial charge in [-0.05, 0) is 12.8 Å². The number of hydrogen-bond donors (Lipinski definition) is 3. The number of aliphatic carboxylic acids is 1. The number of carboxylic acid groups (broad SMARTS) is 1. The lowest BCUT2D eigenvalue weighted by atomic mass is 9.94. The van der Waals surface area contributed by atoms with Crippen LogP contribution in [0.25, 0.3) is 0 Å². The Kier molecular flexibility index (Phi) is 2.69. The van der Waals surface area contributed by atoms with Crippen LogP contribution in [0.2, 0.25) is 0 Å². The molecule has 0 spiro atoms. The smallest absolute Gasteiger partial charge is 0.308 e. The van der Waals surface area contributed by atoms with Crippen LogP contribution in [0.4, 0.5) is 0 Å². The van der Waals surface area contributed by atoms with Gasteiger partial charge < -0.3 is 15.3 Å². The van der Waals surface area contributed by atoms with Gasteiger partial charge in [-0.3, -0.25) is 4.79 Å². The molecule has 0 aliphatic heterocycles. The average Bonchev–Trinajstić information content (AvgIpc) is 2.32. The summed E-state index contributed by atoms with van der Waals surface area (Å²) in [5.41, 5.74) is 0. The quantitative estimate of drug-likeness (QED) is 0.539. The molecule has 4 heteroatoms. The SMILES string of the molecule is O=C(O)CC(O)(O)C1CCCC1. The standard InChI is InChI=1S/C8H14O4/c9-7(10)5-8(11,12)6-3-1-2-4-6/h6,11-12H,1-5H2,(H,9,10). The van der Waals surface area contributed by atoms with Crippen LogP contribution < -0.4 is 0 Å². The molecule has 4 nitrogen and oxygen atoms in total. The molecule has 0 amide bonds. The fourth-order valence-corrected chi connectivity index (χ4v) is 1.76. The predicted molar refractivity (Wildman–Crippen MR) is 41.4 cm³/mol. The maximum Gasteiger partial charge on any atom is 0.308 e. The largest absolute Gasteiger partial charge is 0.481 e. The summed E-state index contributed by atoms with van der Waals surface area (Å²) >= 11 is 0. The van der Waals surface area contributed by atoms with E-state index in [4.69, 9.17) is 5.11 Å². The topological polar surface area (TPSA) is 77.8 Å². The summed E-state index contributed by atoms with van der Waals surface area (Å²) in [6.45, 7) is 0. The third-order valence-corrected chi connectivity index (χ3v) is 2.42. The molecule has 0 radical (unpaired) electrons. The van der Waals surface area contributed by atoms with Gasteiger partial charge in [-0.1, -0.05) is 12.8 Å². The molecule has 1 fully saturated rings. The highest BCUT2D eigenvalue weighted by Crippen LogP contribution is 2.34. The second-order valence-electron chi connectivity index (χ2n) is 3.43. The first kappa shape index (κ1) is 9.48. The first-order valence-corrected chi connectivity index (χ1v) is 4.19. The van der Waals surface area contributed by atoms with Gasteiger partial charge in [-0.2, -0.15) is 0 Å². The lowest BCUT2D eigenvalue weighted by Gasteiger charge is -2.26. The Morgan fingerprint density at radius 1 is 1.33 bits per heavy atom. The van der Waals surface area contributed by atoms with Crippen molar-refractivity contribution in [1.82, 2.24) is 0 Å². The molecule has 0 aromatic carbocycles. The van der Waals surface area contributed by atoms with Crippen LogP contribution in [-0.4, -0.2) is 27.1 Å². The summed E-state index contributed by atoms with van der Waals surface area (Å²) < 4.78 is 0. The molecule has 0 unspecified atom stereocenters. The maximum absolute atomic E-state index is 10.3. The van der Waals surface area contributed by atoms with Crippen molar-refractivity contribution >= 4 is 5.97 Å². The van der Waals surface area contributed by atoms with E-state index < -0.39 is 18.2 Å². The van der Waals surface area contributed by atoms with Gasteiger partial charge in [-0.25, -0.2) is 0 Å². The van der Waals surface area contributed by atoms with Crippen molar-refractivity contribution in [3.63, 3.8) is 0 Å². The molecular weight excluding hydrogens is 160 g/mol. The Labute approximate surface area is 70.8 Å². The van der Waals surface area contributed by atoms with Crippen molar-refractivity contribution in [2.45, 2.75) is 37.9 Å². The molecule has 12 heavy (non-hydrogen) atoms. The van der Waals surface area contributed by atoms with E-state index >= 15 is 0 Å². The van der Waals surface area contributed by atoms with Crippen LogP contribution in [0.1, 0.15) is 32.1 Å². The summed E-state index contributed by atoms with van der Waals surface area (Å²) in [6, 6.07) is 0. The van der Waals surface area contributed by atoms with E-state index in [0.717, 1.165) is 25.7 Å². The Hall–Kier alpha value is -0.610. The van der Waals surface area contributed by atoms with Crippen molar-refractivity contribution in [2.24, 2.45) is 5.92 Å². The van der Waals surface area contributed by atoms with E-state index in [-0.39, 0.29) is 5.92 Å². The number of aliphatic hydroxyl groups is 2. The minimum Gasteiger partial charge on any atom is -0.481 e. The third kappa shape index (κ3) is 2.19. The third-order valence-electron chi connectivity index (χ3n) is 2.42. The fraction of sp³-hybridized carbons (Fsp3) is 0.875. The highest BCUT2D eigenvalue weighted by molar-refractivity contribution is 5.67. The van der Waals surface area contributed by atoms with Crippen molar-refractivity contribution in [1.29, 1.82) is 0 Å². The summed E-state index contributed by atoms with van der Waals surface area (Å²) in [5.74, 6) is -3.41. The normalized spacial score (nSPS) is 19.8. The number of carbonyl (C=O) groups is 1. The van der Waals surface area contributed by atoms with Crippen molar-refractivity contribution < 1.29 is 20.1 Å². The van der Waals surface area contributed by atoms with Gasteiger partial charge in [0.2, 0.25) is 0 Å². The molecule has 3 N–H and O–H groups in total. The second kappa shape index (κ2) is 3.41. The monoisotopic (exact) mass is 174 g/mol. The highest BCUT2D eigenvalue weighted by atomic mass is 16.5. The van der Waals surface area contributed by atoms with Gasteiger partial charge in [0, 0.05) is 5.92 Å². The molecule has 0 saturated heterocycles. The Morgan fingerprint density at radius 3 is 2.25 bits per heavy atom. The van der Waals surface area contributed by atoms with Gasteiger partial charge in [0.05, 0.1) is 6.42 Å². The van der Waals surface area contributed by atoms with E-state index in [1.165, 1.54) is 0 Å². The number of carboxylic acids is 1. The molecule has 0 aromatic heterocycles. The van der Waals surface area contributed by atoms with Gasteiger partial charge in [0.15, 0.2) is 5.79 Å². The molecule has 0 bridgehead atoms. The van der Waals surface area contributed by atoms with Crippen molar-refractivity contribution in [2.75, 3.05) is 0 Å². The van der Waals surface area contributed by atoms with E-state index in [9.17, 15) is 15.0 Å². The lowest BCUT2D eigenvalue weighted by molar-refractivity contribution is -0.208. The van der Waals surface area contributed by atoms with Gasteiger partial charge in [-0.15, -0.1) is 0 Å². The zero-order chi connectivity index (χ0) is 9.19. The van der Waals surface area contributed by atoms with E-state index in [2.05, 4.69) is 0 Å². The summed E-state index contributed by atoms with van der Waals surface area (Å²) in [4.78, 5) is 10.3.